The highest BCUT2D eigenvalue weighted by atomic mass is 16.1. The summed E-state index contributed by atoms with van der Waals surface area (Å²) in [6.07, 6.45) is 1.99. The smallest absolute Gasteiger partial charge is 0.227 e. The summed E-state index contributed by atoms with van der Waals surface area (Å²) in [7, 11) is 1.70. The first-order valence-electron chi connectivity index (χ1n) is 4.62. The van der Waals surface area contributed by atoms with E-state index in [9.17, 15) is 4.79 Å². The third-order valence-electron chi connectivity index (χ3n) is 2.70. The predicted molar refractivity (Wildman–Crippen MR) is 51.6 cm³/mol. The zero-order chi connectivity index (χ0) is 9.26. The Balaban J connectivity index is 2.33. The molecule has 2 nitrogen and oxygen atoms in total. The molecule has 1 aromatic rings. The lowest BCUT2D eigenvalue weighted by molar-refractivity contribution is -0.122. The van der Waals surface area contributed by atoms with Crippen LogP contribution in [0.3, 0.4) is 0 Å². The lowest BCUT2D eigenvalue weighted by atomic mass is 10.0. The molecule has 0 heterocycles. The number of aryl methyl sites for hydroxylation is 1. The third kappa shape index (κ3) is 1.32. The first-order chi connectivity index (χ1) is 6.33. The molecule has 0 unspecified atom stereocenters. The van der Waals surface area contributed by atoms with Crippen molar-refractivity contribution in [3.63, 3.8) is 0 Å². The molecule has 0 saturated heterocycles. The SMILES string of the molecule is CNC(=O)[C@@H]1CCc2ccccc21. The number of hydrogen-bond donors (Lipinski definition) is 1. The zero-order valence-electron chi connectivity index (χ0n) is 7.71. The fourth-order valence-electron chi connectivity index (χ4n) is 2.00. The predicted octanol–water partition coefficient (Wildman–Crippen LogP) is 1.46. The van der Waals surface area contributed by atoms with E-state index in [1.807, 2.05) is 12.1 Å². The molecule has 1 aliphatic rings. The van der Waals surface area contributed by atoms with Crippen LogP contribution in [-0.2, 0) is 11.2 Å². The molecule has 0 radical (unpaired) electrons. The van der Waals surface area contributed by atoms with Crippen molar-refractivity contribution >= 4 is 5.91 Å². The van der Waals surface area contributed by atoms with Gasteiger partial charge in [-0.05, 0) is 24.0 Å². The van der Waals surface area contributed by atoms with Crippen molar-refractivity contribution in [2.24, 2.45) is 0 Å². The van der Waals surface area contributed by atoms with E-state index in [0.29, 0.717) is 0 Å². The topological polar surface area (TPSA) is 29.1 Å². The number of nitrogens with one attached hydrogen (secondary N) is 1. The molecule has 0 fully saturated rings. The number of carbonyl (C=O) groups excluding carboxylic acids is 1. The van der Waals surface area contributed by atoms with Gasteiger partial charge in [-0.2, -0.15) is 0 Å². The summed E-state index contributed by atoms with van der Waals surface area (Å²) in [5, 5.41) is 2.71. The van der Waals surface area contributed by atoms with Crippen LogP contribution in [0.1, 0.15) is 23.5 Å². The fraction of sp³-hybridized carbons (Fsp3) is 0.364. The Labute approximate surface area is 78.0 Å². The maximum Gasteiger partial charge on any atom is 0.227 e. The van der Waals surface area contributed by atoms with Crippen LogP contribution in [0.5, 0.6) is 0 Å². The van der Waals surface area contributed by atoms with Crippen LogP contribution in [0.25, 0.3) is 0 Å². The molecule has 1 atom stereocenters. The van der Waals surface area contributed by atoms with Crippen molar-refractivity contribution in [1.29, 1.82) is 0 Å². The number of likely N-dealkylation sites (N-methyl/N-ethyl adjacent to an activating group) is 1. The van der Waals surface area contributed by atoms with Crippen LogP contribution >= 0.6 is 0 Å². The van der Waals surface area contributed by atoms with Gasteiger partial charge in [0.25, 0.3) is 0 Å². The normalized spacial score (nSPS) is 19.6. The molecule has 0 bridgehead atoms. The van der Waals surface area contributed by atoms with Crippen molar-refractivity contribution in [3.8, 4) is 0 Å². The molecule has 2 heteroatoms. The van der Waals surface area contributed by atoms with E-state index in [1.54, 1.807) is 7.05 Å². The largest absolute Gasteiger partial charge is 0.359 e. The van der Waals surface area contributed by atoms with Gasteiger partial charge in [0.15, 0.2) is 0 Å². The van der Waals surface area contributed by atoms with Crippen LogP contribution in [0, 0.1) is 0 Å². The van der Waals surface area contributed by atoms with Crippen LogP contribution in [0.2, 0.25) is 0 Å². The molecule has 1 N–H and O–H groups in total. The molecule has 2 rings (SSSR count). The number of amides is 1. The first kappa shape index (κ1) is 8.30. The maximum atomic E-state index is 11.5. The molecule has 0 saturated carbocycles. The Kier molecular flexibility index (Phi) is 2.05. The third-order valence-corrected chi connectivity index (χ3v) is 2.70. The van der Waals surface area contributed by atoms with E-state index in [1.165, 1.54) is 11.1 Å². The van der Waals surface area contributed by atoms with Gasteiger partial charge in [-0.25, -0.2) is 0 Å². The van der Waals surface area contributed by atoms with E-state index in [2.05, 4.69) is 17.4 Å². The Morgan fingerprint density at radius 3 is 3.00 bits per heavy atom. The minimum absolute atomic E-state index is 0.0844. The molecule has 1 aliphatic carbocycles. The lowest BCUT2D eigenvalue weighted by Crippen LogP contribution is -2.24. The van der Waals surface area contributed by atoms with Gasteiger partial charge in [-0.1, -0.05) is 24.3 Å². The molecule has 13 heavy (non-hydrogen) atoms. The highest BCUT2D eigenvalue weighted by Gasteiger charge is 2.26. The monoisotopic (exact) mass is 175 g/mol. The molecular weight excluding hydrogens is 162 g/mol. The van der Waals surface area contributed by atoms with E-state index < -0.39 is 0 Å². The van der Waals surface area contributed by atoms with E-state index >= 15 is 0 Å². The maximum absolute atomic E-state index is 11.5. The van der Waals surface area contributed by atoms with Gasteiger partial charge in [0.2, 0.25) is 5.91 Å². The van der Waals surface area contributed by atoms with E-state index in [0.717, 1.165) is 12.8 Å². The van der Waals surface area contributed by atoms with Crippen LogP contribution < -0.4 is 5.32 Å². The number of fused-ring (bicyclic) bond motifs is 1. The van der Waals surface area contributed by atoms with Gasteiger partial charge in [-0.3, -0.25) is 4.79 Å². The van der Waals surface area contributed by atoms with Gasteiger partial charge < -0.3 is 5.32 Å². The minimum atomic E-state index is 0.0844. The van der Waals surface area contributed by atoms with E-state index in [4.69, 9.17) is 0 Å². The van der Waals surface area contributed by atoms with Crippen molar-refractivity contribution in [2.75, 3.05) is 7.05 Å². The van der Waals surface area contributed by atoms with Crippen LogP contribution in [0.15, 0.2) is 24.3 Å². The second-order valence-electron chi connectivity index (χ2n) is 3.40. The summed E-state index contributed by atoms with van der Waals surface area (Å²) in [4.78, 5) is 11.5. The molecule has 0 aliphatic heterocycles. The number of hydrogen-bond acceptors (Lipinski definition) is 1. The lowest BCUT2D eigenvalue weighted by Gasteiger charge is -2.08. The van der Waals surface area contributed by atoms with Gasteiger partial charge in [0.1, 0.15) is 0 Å². The molecular formula is C11H13NO. The average Bonchev–Trinajstić information content (AvgIpc) is 2.60. The van der Waals surface area contributed by atoms with Gasteiger partial charge in [0, 0.05) is 7.05 Å². The van der Waals surface area contributed by atoms with Crippen molar-refractivity contribution in [3.05, 3.63) is 35.4 Å². The summed E-state index contributed by atoms with van der Waals surface area (Å²) in [5.74, 6) is 0.228. The number of benzene rings is 1. The van der Waals surface area contributed by atoms with Crippen LogP contribution in [0.4, 0.5) is 0 Å². The summed E-state index contributed by atoms with van der Waals surface area (Å²) in [6, 6.07) is 8.20. The number of carbonyl (C=O) groups is 1. The fourth-order valence-corrected chi connectivity index (χ4v) is 2.00. The van der Waals surface area contributed by atoms with Crippen LogP contribution in [-0.4, -0.2) is 13.0 Å². The summed E-state index contributed by atoms with van der Waals surface area (Å²) in [6.45, 7) is 0. The zero-order valence-corrected chi connectivity index (χ0v) is 7.71. The summed E-state index contributed by atoms with van der Waals surface area (Å²) in [5.41, 5.74) is 2.54. The highest BCUT2D eigenvalue weighted by molar-refractivity contribution is 5.84. The highest BCUT2D eigenvalue weighted by Crippen LogP contribution is 2.32. The molecule has 68 valence electrons. The molecule has 0 spiro atoms. The van der Waals surface area contributed by atoms with Crippen molar-refractivity contribution < 1.29 is 4.79 Å². The Morgan fingerprint density at radius 1 is 1.46 bits per heavy atom. The second-order valence-corrected chi connectivity index (χ2v) is 3.40. The standard InChI is InChI=1S/C11H13NO/c1-12-11(13)10-7-6-8-4-2-3-5-9(8)10/h2-5,10H,6-7H2,1H3,(H,12,13)/t10-/m1/s1. The quantitative estimate of drug-likeness (QED) is 0.688. The minimum Gasteiger partial charge on any atom is -0.359 e. The van der Waals surface area contributed by atoms with Crippen molar-refractivity contribution in [1.82, 2.24) is 5.32 Å². The number of rotatable bonds is 1. The Morgan fingerprint density at radius 2 is 2.23 bits per heavy atom. The molecule has 1 amide bonds. The second kappa shape index (κ2) is 3.21. The molecule has 1 aromatic carbocycles. The summed E-state index contributed by atoms with van der Waals surface area (Å²) >= 11 is 0. The van der Waals surface area contributed by atoms with Gasteiger partial charge in [0.05, 0.1) is 5.92 Å². The van der Waals surface area contributed by atoms with E-state index in [-0.39, 0.29) is 11.8 Å². The average molecular weight is 175 g/mol. The van der Waals surface area contributed by atoms with Crippen molar-refractivity contribution in [2.45, 2.75) is 18.8 Å². The van der Waals surface area contributed by atoms with Gasteiger partial charge >= 0.3 is 0 Å². The first-order valence-corrected chi connectivity index (χ1v) is 4.62. The Hall–Kier alpha value is -1.31. The molecule has 0 aromatic heterocycles. The Bertz CT molecular complexity index is 333. The van der Waals surface area contributed by atoms with Gasteiger partial charge in [-0.15, -0.1) is 0 Å². The summed E-state index contributed by atoms with van der Waals surface area (Å²) < 4.78 is 0.